The van der Waals surface area contributed by atoms with Crippen molar-refractivity contribution in [3.05, 3.63) is 70.4 Å². The van der Waals surface area contributed by atoms with E-state index >= 15 is 0 Å². The van der Waals surface area contributed by atoms with Crippen LogP contribution in [0.4, 0.5) is 5.69 Å². The van der Waals surface area contributed by atoms with Crippen molar-refractivity contribution in [2.45, 2.75) is 66.3 Å². The van der Waals surface area contributed by atoms with Gasteiger partial charge in [-0.3, -0.25) is 0 Å². The van der Waals surface area contributed by atoms with Crippen molar-refractivity contribution >= 4 is 11.3 Å². The number of nitrogens with zero attached hydrogens (tertiary/aromatic N) is 1. The van der Waals surface area contributed by atoms with E-state index in [-0.39, 0.29) is 6.04 Å². The number of methoxy groups -OCH3 is 2. The molecule has 3 heteroatoms. The zero-order valence-corrected chi connectivity index (χ0v) is 20.1. The molecule has 1 heterocycles. The molecule has 0 amide bonds. The SMILES string of the molecule is CCCC1=[C]N(c2ccc(OC)c(C)c2)C(CC)C(c2ccc(OC)c(C)c2)=C1CC. The molecule has 1 aliphatic heterocycles. The van der Waals surface area contributed by atoms with Gasteiger partial charge in [0.1, 0.15) is 11.5 Å². The zero-order chi connectivity index (χ0) is 22.5. The second-order valence-electron chi connectivity index (χ2n) is 8.22. The molecule has 2 aromatic rings. The molecule has 165 valence electrons. The number of benzene rings is 2. The Morgan fingerprint density at radius 2 is 1.55 bits per heavy atom. The minimum Gasteiger partial charge on any atom is -0.496 e. The lowest BCUT2D eigenvalue weighted by Crippen LogP contribution is -2.36. The first-order chi connectivity index (χ1) is 15.0. The summed E-state index contributed by atoms with van der Waals surface area (Å²) in [5.74, 6) is 1.85. The summed E-state index contributed by atoms with van der Waals surface area (Å²) in [6.07, 6.45) is 7.95. The molecule has 2 aromatic carbocycles. The summed E-state index contributed by atoms with van der Waals surface area (Å²) in [4.78, 5) is 2.35. The number of rotatable bonds is 8. The molecule has 0 aromatic heterocycles. The Hall–Kier alpha value is -2.68. The van der Waals surface area contributed by atoms with E-state index in [4.69, 9.17) is 9.47 Å². The van der Waals surface area contributed by atoms with Crippen LogP contribution < -0.4 is 14.4 Å². The standard InChI is InChI=1S/C28H36NO2/c1-8-11-22-18-29(23-13-15-27(31-7)20(5)17-23)25(10-3)28(24(22)9-2)21-12-14-26(30-6)19(4)16-21/h12-17,25H,8-11H2,1-7H3. The number of anilines is 1. The van der Waals surface area contributed by atoms with Gasteiger partial charge in [0.2, 0.25) is 0 Å². The molecular formula is C28H36NO2. The normalized spacial score (nSPS) is 16.4. The smallest absolute Gasteiger partial charge is 0.121 e. The maximum absolute atomic E-state index is 5.52. The third-order valence-corrected chi connectivity index (χ3v) is 6.19. The van der Waals surface area contributed by atoms with Gasteiger partial charge in [-0.2, -0.15) is 0 Å². The van der Waals surface area contributed by atoms with Crippen LogP contribution in [0, 0.1) is 20.0 Å². The Morgan fingerprint density at radius 1 is 0.903 bits per heavy atom. The minimum atomic E-state index is 0.233. The largest absolute Gasteiger partial charge is 0.496 e. The molecule has 0 N–H and O–H groups in total. The Bertz CT molecular complexity index is 987. The average Bonchev–Trinajstić information content (AvgIpc) is 2.78. The highest BCUT2D eigenvalue weighted by Gasteiger charge is 2.30. The Labute approximate surface area is 188 Å². The first-order valence-electron chi connectivity index (χ1n) is 11.4. The summed E-state index contributed by atoms with van der Waals surface area (Å²) in [5.41, 5.74) is 8.95. The van der Waals surface area contributed by atoms with Crippen LogP contribution in [-0.2, 0) is 0 Å². The van der Waals surface area contributed by atoms with Gasteiger partial charge in [-0.1, -0.05) is 33.3 Å². The number of allylic oxidation sites excluding steroid dienone is 2. The van der Waals surface area contributed by atoms with Crippen LogP contribution in [0.3, 0.4) is 0 Å². The second-order valence-corrected chi connectivity index (χ2v) is 8.22. The first-order valence-corrected chi connectivity index (χ1v) is 11.4. The van der Waals surface area contributed by atoms with Gasteiger partial charge in [0.05, 0.1) is 26.5 Å². The molecule has 0 fully saturated rings. The molecule has 0 saturated carbocycles. The number of ether oxygens (including phenoxy) is 2. The monoisotopic (exact) mass is 418 g/mol. The third kappa shape index (κ3) is 4.51. The fraction of sp³-hybridized carbons (Fsp3) is 0.429. The van der Waals surface area contributed by atoms with Crippen molar-refractivity contribution in [2.24, 2.45) is 0 Å². The predicted octanol–water partition coefficient (Wildman–Crippen LogP) is 7.27. The summed E-state index contributed by atoms with van der Waals surface area (Å²) in [6, 6.07) is 13.3. The van der Waals surface area contributed by atoms with Crippen molar-refractivity contribution in [1.82, 2.24) is 0 Å². The van der Waals surface area contributed by atoms with Crippen LogP contribution in [0.1, 0.15) is 63.1 Å². The van der Waals surface area contributed by atoms with Gasteiger partial charge in [-0.05, 0) is 96.9 Å². The fourth-order valence-corrected chi connectivity index (χ4v) is 4.70. The summed E-state index contributed by atoms with van der Waals surface area (Å²) in [6.45, 7) is 11.0. The van der Waals surface area contributed by atoms with Crippen LogP contribution in [0.2, 0.25) is 0 Å². The van der Waals surface area contributed by atoms with Crippen LogP contribution in [-0.4, -0.2) is 20.3 Å². The minimum absolute atomic E-state index is 0.233. The molecule has 1 radical (unpaired) electrons. The molecule has 0 saturated heterocycles. The molecule has 0 bridgehead atoms. The van der Waals surface area contributed by atoms with Crippen LogP contribution >= 0.6 is 0 Å². The van der Waals surface area contributed by atoms with Gasteiger partial charge in [0.25, 0.3) is 0 Å². The molecule has 1 aliphatic rings. The zero-order valence-electron chi connectivity index (χ0n) is 20.1. The average molecular weight is 419 g/mol. The van der Waals surface area contributed by atoms with E-state index in [1.54, 1.807) is 14.2 Å². The third-order valence-electron chi connectivity index (χ3n) is 6.19. The van der Waals surface area contributed by atoms with Crippen LogP contribution in [0.5, 0.6) is 11.5 Å². The van der Waals surface area contributed by atoms with Gasteiger partial charge in [0.15, 0.2) is 0 Å². The molecule has 1 atom stereocenters. The van der Waals surface area contributed by atoms with E-state index in [0.717, 1.165) is 48.4 Å². The van der Waals surface area contributed by atoms with Crippen molar-refractivity contribution in [3.63, 3.8) is 0 Å². The molecule has 3 nitrogen and oxygen atoms in total. The highest BCUT2D eigenvalue weighted by Crippen LogP contribution is 2.41. The molecule has 3 rings (SSSR count). The number of hydrogen-bond donors (Lipinski definition) is 0. The lowest BCUT2D eigenvalue weighted by atomic mass is 9.82. The summed E-state index contributed by atoms with van der Waals surface area (Å²) >= 11 is 0. The molecule has 1 unspecified atom stereocenters. The summed E-state index contributed by atoms with van der Waals surface area (Å²) in [5, 5.41) is 0. The van der Waals surface area contributed by atoms with E-state index in [2.05, 4.69) is 82.1 Å². The van der Waals surface area contributed by atoms with Crippen molar-refractivity contribution in [1.29, 1.82) is 0 Å². The van der Waals surface area contributed by atoms with Gasteiger partial charge in [0, 0.05) is 5.69 Å². The topological polar surface area (TPSA) is 21.7 Å². The lowest BCUT2D eigenvalue weighted by molar-refractivity contribution is 0.411. The van der Waals surface area contributed by atoms with Crippen LogP contribution in [0.15, 0.2) is 47.5 Å². The molecule has 0 aliphatic carbocycles. The van der Waals surface area contributed by atoms with Crippen molar-refractivity contribution in [3.8, 4) is 11.5 Å². The van der Waals surface area contributed by atoms with Gasteiger partial charge >= 0.3 is 0 Å². The predicted molar refractivity (Wildman–Crippen MR) is 131 cm³/mol. The van der Waals surface area contributed by atoms with E-state index in [0.29, 0.717) is 0 Å². The van der Waals surface area contributed by atoms with Crippen molar-refractivity contribution < 1.29 is 9.47 Å². The highest BCUT2D eigenvalue weighted by molar-refractivity contribution is 5.82. The van der Waals surface area contributed by atoms with Crippen LogP contribution in [0.25, 0.3) is 5.57 Å². The van der Waals surface area contributed by atoms with Gasteiger partial charge < -0.3 is 14.4 Å². The van der Waals surface area contributed by atoms with Gasteiger partial charge in [-0.25, -0.2) is 0 Å². The maximum atomic E-state index is 5.52. The number of aryl methyl sites for hydroxylation is 2. The molecule has 0 spiro atoms. The lowest BCUT2D eigenvalue weighted by Gasteiger charge is -2.38. The quantitative estimate of drug-likeness (QED) is 0.450. The molecular weight excluding hydrogens is 382 g/mol. The molecule has 31 heavy (non-hydrogen) atoms. The van der Waals surface area contributed by atoms with E-state index in [9.17, 15) is 0 Å². The first kappa shape index (κ1) is 23.0. The van der Waals surface area contributed by atoms with Gasteiger partial charge in [-0.15, -0.1) is 0 Å². The van der Waals surface area contributed by atoms with E-state index < -0.39 is 0 Å². The van der Waals surface area contributed by atoms with Crippen molar-refractivity contribution in [2.75, 3.05) is 19.1 Å². The second kappa shape index (κ2) is 10.1. The van der Waals surface area contributed by atoms with E-state index in [1.165, 1.54) is 27.8 Å². The maximum Gasteiger partial charge on any atom is 0.121 e. The van der Waals surface area contributed by atoms with E-state index in [1.807, 2.05) is 0 Å². The Kier molecular flexibility index (Phi) is 7.48. The summed E-state index contributed by atoms with van der Waals surface area (Å²) in [7, 11) is 3.46. The highest BCUT2D eigenvalue weighted by atomic mass is 16.5. The number of hydrogen-bond acceptors (Lipinski definition) is 3. The Morgan fingerprint density at radius 3 is 2.06 bits per heavy atom. The Balaban J connectivity index is 2.19. The summed E-state index contributed by atoms with van der Waals surface area (Å²) < 4.78 is 11.0. The fourth-order valence-electron chi connectivity index (χ4n) is 4.70.